The molecular formula is C11H10Cl3F3O2. The zero-order valence-electron chi connectivity index (χ0n) is 9.73. The van der Waals surface area contributed by atoms with Crippen LogP contribution in [0.1, 0.15) is 10.9 Å². The maximum atomic E-state index is 11.9. The molecule has 0 aliphatic rings. The first-order valence-electron chi connectivity index (χ1n) is 5.06. The van der Waals surface area contributed by atoms with Crippen LogP contribution >= 0.6 is 34.8 Å². The van der Waals surface area contributed by atoms with E-state index in [4.69, 9.17) is 39.5 Å². The Bertz CT molecular complexity index is 438. The molecule has 0 saturated carbocycles. The predicted octanol–water partition coefficient (Wildman–Crippen LogP) is 4.86. The molecule has 0 aromatic heterocycles. The summed E-state index contributed by atoms with van der Waals surface area (Å²) in [5, 5.41) is -0.321. The summed E-state index contributed by atoms with van der Waals surface area (Å²) in [5.74, 6) is 0.357. The smallest absolute Gasteiger partial charge is 0.411 e. The average molecular weight is 338 g/mol. The fourth-order valence-corrected chi connectivity index (χ4v) is 2.17. The fraction of sp³-hybridized carbons (Fsp3) is 0.455. The molecule has 0 amide bonds. The van der Waals surface area contributed by atoms with E-state index in [1.165, 1.54) is 19.2 Å². The lowest BCUT2D eigenvalue weighted by atomic mass is 10.1. The molecule has 1 unspecified atom stereocenters. The molecule has 1 atom stereocenters. The van der Waals surface area contributed by atoms with Crippen LogP contribution in [0.25, 0.3) is 0 Å². The van der Waals surface area contributed by atoms with E-state index in [0.29, 0.717) is 11.3 Å². The van der Waals surface area contributed by atoms with Crippen LogP contribution < -0.4 is 4.74 Å². The van der Waals surface area contributed by atoms with Gasteiger partial charge in [-0.2, -0.15) is 13.2 Å². The highest BCUT2D eigenvalue weighted by molar-refractivity contribution is 6.35. The van der Waals surface area contributed by atoms with Crippen molar-refractivity contribution in [2.45, 2.75) is 11.6 Å². The first-order chi connectivity index (χ1) is 8.74. The van der Waals surface area contributed by atoms with E-state index in [-0.39, 0.29) is 16.7 Å². The molecule has 0 saturated heterocycles. The van der Waals surface area contributed by atoms with Crippen molar-refractivity contribution in [3.63, 3.8) is 0 Å². The summed E-state index contributed by atoms with van der Waals surface area (Å²) in [7, 11) is 1.42. The van der Waals surface area contributed by atoms with Crippen LogP contribution in [0.15, 0.2) is 12.1 Å². The van der Waals surface area contributed by atoms with Gasteiger partial charge in [0.05, 0.1) is 24.1 Å². The topological polar surface area (TPSA) is 18.5 Å². The molecule has 1 aromatic rings. The lowest BCUT2D eigenvalue weighted by Gasteiger charge is -2.15. The van der Waals surface area contributed by atoms with Crippen molar-refractivity contribution >= 4 is 34.8 Å². The van der Waals surface area contributed by atoms with Gasteiger partial charge in [-0.15, -0.1) is 11.6 Å². The Morgan fingerprint density at radius 1 is 1.21 bits per heavy atom. The molecule has 1 rings (SSSR count). The molecule has 0 spiro atoms. The monoisotopic (exact) mass is 336 g/mol. The third-order valence-electron chi connectivity index (χ3n) is 2.14. The number of alkyl halides is 4. The van der Waals surface area contributed by atoms with E-state index >= 15 is 0 Å². The van der Waals surface area contributed by atoms with Crippen molar-refractivity contribution in [2.75, 3.05) is 20.3 Å². The second-order valence-corrected chi connectivity index (χ2v) is 4.95. The Labute approximate surface area is 123 Å². The van der Waals surface area contributed by atoms with Crippen LogP contribution in [0, 0.1) is 0 Å². The Morgan fingerprint density at radius 2 is 1.84 bits per heavy atom. The minimum absolute atomic E-state index is 0.247. The van der Waals surface area contributed by atoms with Gasteiger partial charge in [-0.25, -0.2) is 0 Å². The van der Waals surface area contributed by atoms with Gasteiger partial charge in [0.25, 0.3) is 0 Å². The van der Waals surface area contributed by atoms with Gasteiger partial charge in [-0.1, -0.05) is 23.2 Å². The molecule has 19 heavy (non-hydrogen) atoms. The van der Waals surface area contributed by atoms with Gasteiger partial charge in [0.2, 0.25) is 0 Å². The second-order valence-electron chi connectivity index (χ2n) is 3.61. The van der Waals surface area contributed by atoms with E-state index in [9.17, 15) is 13.2 Å². The van der Waals surface area contributed by atoms with Gasteiger partial charge in [0.15, 0.2) is 0 Å². The lowest BCUT2D eigenvalue weighted by molar-refractivity contribution is -0.173. The summed E-state index contributed by atoms with van der Waals surface area (Å²) in [6.07, 6.45) is -4.39. The van der Waals surface area contributed by atoms with Crippen LogP contribution in [0.3, 0.4) is 0 Å². The van der Waals surface area contributed by atoms with Gasteiger partial charge < -0.3 is 9.47 Å². The molecule has 0 heterocycles. The van der Waals surface area contributed by atoms with E-state index in [2.05, 4.69) is 4.74 Å². The molecule has 0 bridgehead atoms. The van der Waals surface area contributed by atoms with E-state index in [0.717, 1.165) is 0 Å². The van der Waals surface area contributed by atoms with Crippen LogP contribution in [-0.4, -0.2) is 26.5 Å². The van der Waals surface area contributed by atoms with Crippen molar-refractivity contribution in [3.05, 3.63) is 27.7 Å². The van der Waals surface area contributed by atoms with Gasteiger partial charge >= 0.3 is 6.18 Å². The first-order valence-corrected chi connectivity index (χ1v) is 6.25. The minimum Gasteiger partial charge on any atom is -0.495 e. The molecule has 0 aliphatic carbocycles. The molecule has 0 aliphatic heterocycles. The number of rotatable bonds is 5. The van der Waals surface area contributed by atoms with Crippen LogP contribution in [0.5, 0.6) is 5.75 Å². The third-order valence-corrected chi connectivity index (χ3v) is 3.12. The highest BCUT2D eigenvalue weighted by Crippen LogP contribution is 2.36. The number of halogens is 6. The van der Waals surface area contributed by atoms with E-state index < -0.39 is 18.2 Å². The quantitative estimate of drug-likeness (QED) is 0.714. The summed E-state index contributed by atoms with van der Waals surface area (Å²) < 4.78 is 45.2. The molecule has 2 nitrogen and oxygen atoms in total. The molecule has 8 heteroatoms. The van der Waals surface area contributed by atoms with Gasteiger partial charge in [-0.05, 0) is 11.6 Å². The summed E-state index contributed by atoms with van der Waals surface area (Å²) in [5.41, 5.74) is 0.385. The summed E-state index contributed by atoms with van der Waals surface area (Å²) >= 11 is 17.8. The first kappa shape index (κ1) is 16.7. The van der Waals surface area contributed by atoms with Crippen molar-refractivity contribution in [3.8, 4) is 5.75 Å². The van der Waals surface area contributed by atoms with Gasteiger partial charge in [0, 0.05) is 11.1 Å². The van der Waals surface area contributed by atoms with Crippen LogP contribution in [0.4, 0.5) is 13.2 Å². The number of methoxy groups -OCH3 is 1. The minimum atomic E-state index is -4.39. The molecular weight excluding hydrogens is 327 g/mol. The highest BCUT2D eigenvalue weighted by Gasteiger charge is 2.28. The Kier molecular flexibility index (Phi) is 6.05. The second kappa shape index (κ2) is 6.88. The zero-order valence-corrected chi connectivity index (χ0v) is 12.0. The molecule has 0 radical (unpaired) electrons. The molecule has 108 valence electrons. The maximum absolute atomic E-state index is 11.9. The summed E-state index contributed by atoms with van der Waals surface area (Å²) in [6, 6.07) is 2.88. The van der Waals surface area contributed by atoms with Gasteiger partial charge in [0.1, 0.15) is 12.4 Å². The standard InChI is InChI=1S/C11H10Cl3F3O2/c1-18-10-3-7(12)6(2-8(10)13)9(14)4-19-5-11(15,16)17/h2-3,9H,4-5H2,1H3. The van der Waals surface area contributed by atoms with Crippen molar-refractivity contribution in [1.29, 1.82) is 0 Å². The molecule has 1 aromatic carbocycles. The largest absolute Gasteiger partial charge is 0.495 e. The zero-order chi connectivity index (χ0) is 14.6. The van der Waals surface area contributed by atoms with Crippen LogP contribution in [0.2, 0.25) is 10.0 Å². The fourth-order valence-electron chi connectivity index (χ4n) is 1.31. The summed E-state index contributed by atoms with van der Waals surface area (Å²) in [6.45, 7) is -1.69. The number of hydrogen-bond acceptors (Lipinski definition) is 2. The molecule has 0 N–H and O–H groups in total. The Hall–Kier alpha value is -0.360. The highest BCUT2D eigenvalue weighted by atomic mass is 35.5. The van der Waals surface area contributed by atoms with E-state index in [1.54, 1.807) is 0 Å². The van der Waals surface area contributed by atoms with E-state index in [1.807, 2.05) is 0 Å². The number of ether oxygens (including phenoxy) is 2. The lowest BCUT2D eigenvalue weighted by Crippen LogP contribution is -2.18. The number of hydrogen-bond donors (Lipinski definition) is 0. The average Bonchev–Trinajstić information content (AvgIpc) is 2.29. The Balaban J connectivity index is 2.72. The third kappa shape index (κ3) is 5.26. The SMILES string of the molecule is COc1cc(Cl)c(C(Cl)COCC(F)(F)F)cc1Cl. The molecule has 0 fully saturated rings. The summed E-state index contributed by atoms with van der Waals surface area (Å²) in [4.78, 5) is 0. The normalized spacial score (nSPS) is 13.4. The van der Waals surface area contributed by atoms with Crippen molar-refractivity contribution < 1.29 is 22.6 Å². The van der Waals surface area contributed by atoms with Gasteiger partial charge in [-0.3, -0.25) is 0 Å². The van der Waals surface area contributed by atoms with Crippen molar-refractivity contribution in [2.24, 2.45) is 0 Å². The number of benzene rings is 1. The predicted molar refractivity (Wildman–Crippen MR) is 68.5 cm³/mol. The maximum Gasteiger partial charge on any atom is 0.411 e. The Morgan fingerprint density at radius 3 is 2.37 bits per heavy atom. The van der Waals surface area contributed by atoms with Crippen LogP contribution in [-0.2, 0) is 4.74 Å². The van der Waals surface area contributed by atoms with Crippen molar-refractivity contribution in [1.82, 2.24) is 0 Å².